The van der Waals surface area contributed by atoms with Crippen molar-refractivity contribution in [2.24, 2.45) is 0 Å². The Bertz CT molecular complexity index is 974. The van der Waals surface area contributed by atoms with E-state index < -0.39 is 6.04 Å². The van der Waals surface area contributed by atoms with Crippen LogP contribution in [0.2, 0.25) is 0 Å². The first kappa shape index (κ1) is 18.7. The first-order chi connectivity index (χ1) is 14.2. The molecule has 0 aromatic heterocycles. The maximum Gasteiger partial charge on any atom is 0.246 e. The van der Waals surface area contributed by atoms with Crippen LogP contribution in [0.5, 0.6) is 23.0 Å². The monoisotopic (exact) mass is 390 g/mol. The summed E-state index contributed by atoms with van der Waals surface area (Å²) in [5.41, 5.74) is 1.50. The Morgan fingerprint density at radius 1 is 0.862 bits per heavy atom. The van der Waals surface area contributed by atoms with E-state index in [0.717, 1.165) is 17.2 Å². The van der Waals surface area contributed by atoms with Crippen molar-refractivity contribution in [1.82, 2.24) is 0 Å². The maximum absolute atomic E-state index is 12.5. The van der Waals surface area contributed by atoms with E-state index in [1.54, 1.807) is 18.2 Å². The number of ether oxygens (including phenoxy) is 3. The molecule has 6 heteroatoms. The highest BCUT2D eigenvalue weighted by molar-refractivity contribution is 5.96. The molecule has 1 unspecified atom stereocenters. The Morgan fingerprint density at radius 3 is 2.28 bits per heavy atom. The SMILES string of the molecule is CC(Nc1ccc(Oc2ccccc2)cc1)C(=O)Nc1ccc2c(c1)OCCO2. The molecule has 1 aliphatic heterocycles. The van der Waals surface area contributed by atoms with E-state index in [2.05, 4.69) is 10.6 Å². The highest BCUT2D eigenvalue weighted by Gasteiger charge is 2.16. The van der Waals surface area contributed by atoms with Crippen molar-refractivity contribution in [2.45, 2.75) is 13.0 Å². The number of anilines is 2. The van der Waals surface area contributed by atoms with E-state index in [1.807, 2.05) is 61.5 Å². The summed E-state index contributed by atoms with van der Waals surface area (Å²) in [6, 6.07) is 22.0. The Labute approximate surface area is 169 Å². The van der Waals surface area contributed by atoms with Gasteiger partial charge < -0.3 is 24.8 Å². The zero-order valence-corrected chi connectivity index (χ0v) is 16.1. The molecule has 0 bridgehead atoms. The van der Waals surface area contributed by atoms with Crippen molar-refractivity contribution < 1.29 is 19.0 Å². The second kappa shape index (κ2) is 8.56. The second-order valence-corrected chi connectivity index (χ2v) is 6.65. The van der Waals surface area contributed by atoms with Gasteiger partial charge in [0.2, 0.25) is 5.91 Å². The maximum atomic E-state index is 12.5. The molecular formula is C23H22N2O4. The number of fused-ring (bicyclic) bond motifs is 1. The minimum absolute atomic E-state index is 0.147. The van der Waals surface area contributed by atoms with E-state index in [4.69, 9.17) is 14.2 Å². The standard InChI is InChI=1S/C23H22N2O4/c1-16(23(26)25-18-9-12-21-22(15-18)28-14-13-27-21)24-17-7-10-20(11-8-17)29-19-5-3-2-4-6-19/h2-12,15-16,24H,13-14H2,1H3,(H,25,26). The summed E-state index contributed by atoms with van der Waals surface area (Å²) < 4.78 is 16.8. The molecule has 4 rings (SSSR count). The summed E-state index contributed by atoms with van der Waals surface area (Å²) in [5.74, 6) is 2.70. The number of amides is 1. The highest BCUT2D eigenvalue weighted by atomic mass is 16.6. The van der Waals surface area contributed by atoms with Gasteiger partial charge in [-0.1, -0.05) is 18.2 Å². The van der Waals surface area contributed by atoms with Crippen LogP contribution in [0, 0.1) is 0 Å². The molecule has 1 heterocycles. The van der Waals surface area contributed by atoms with Gasteiger partial charge in [-0.25, -0.2) is 0 Å². The van der Waals surface area contributed by atoms with Crippen LogP contribution in [0.25, 0.3) is 0 Å². The van der Waals surface area contributed by atoms with Gasteiger partial charge in [0.15, 0.2) is 11.5 Å². The number of benzene rings is 3. The fourth-order valence-corrected chi connectivity index (χ4v) is 2.93. The molecule has 0 fully saturated rings. The third kappa shape index (κ3) is 4.79. The van der Waals surface area contributed by atoms with Crippen molar-refractivity contribution in [3.8, 4) is 23.0 Å². The van der Waals surface area contributed by atoms with Gasteiger partial charge in [-0.3, -0.25) is 4.79 Å². The number of hydrogen-bond donors (Lipinski definition) is 2. The van der Waals surface area contributed by atoms with Crippen LogP contribution in [-0.4, -0.2) is 25.2 Å². The van der Waals surface area contributed by atoms with Crippen LogP contribution in [-0.2, 0) is 4.79 Å². The van der Waals surface area contributed by atoms with Gasteiger partial charge in [0.25, 0.3) is 0 Å². The van der Waals surface area contributed by atoms with Crippen LogP contribution in [0.15, 0.2) is 72.8 Å². The number of carbonyl (C=O) groups is 1. The molecule has 0 spiro atoms. The van der Waals surface area contributed by atoms with Crippen LogP contribution in [0.3, 0.4) is 0 Å². The van der Waals surface area contributed by atoms with Crippen molar-refractivity contribution in [3.05, 3.63) is 72.8 Å². The zero-order chi connectivity index (χ0) is 20.1. The van der Waals surface area contributed by atoms with Crippen LogP contribution in [0.4, 0.5) is 11.4 Å². The number of rotatable bonds is 6. The first-order valence-corrected chi connectivity index (χ1v) is 9.47. The van der Waals surface area contributed by atoms with Gasteiger partial charge in [-0.05, 0) is 55.5 Å². The molecule has 6 nitrogen and oxygen atoms in total. The molecule has 0 saturated carbocycles. The average molecular weight is 390 g/mol. The summed E-state index contributed by atoms with van der Waals surface area (Å²) >= 11 is 0. The lowest BCUT2D eigenvalue weighted by Crippen LogP contribution is -2.31. The average Bonchev–Trinajstić information content (AvgIpc) is 2.76. The smallest absolute Gasteiger partial charge is 0.246 e. The molecule has 0 radical (unpaired) electrons. The van der Waals surface area contributed by atoms with Gasteiger partial charge in [-0.15, -0.1) is 0 Å². The molecule has 2 N–H and O–H groups in total. The Kier molecular flexibility index (Phi) is 5.52. The lowest BCUT2D eigenvalue weighted by molar-refractivity contribution is -0.116. The van der Waals surface area contributed by atoms with E-state index in [1.165, 1.54) is 0 Å². The van der Waals surface area contributed by atoms with Crippen molar-refractivity contribution in [3.63, 3.8) is 0 Å². The summed E-state index contributed by atoms with van der Waals surface area (Å²) in [6.45, 7) is 2.85. The molecule has 1 aliphatic rings. The molecule has 3 aromatic carbocycles. The number of hydrogen-bond acceptors (Lipinski definition) is 5. The first-order valence-electron chi connectivity index (χ1n) is 9.47. The number of nitrogens with one attached hydrogen (secondary N) is 2. The summed E-state index contributed by atoms with van der Waals surface area (Å²) in [7, 11) is 0. The van der Waals surface area contributed by atoms with E-state index >= 15 is 0 Å². The third-order valence-corrected chi connectivity index (χ3v) is 4.42. The fourth-order valence-electron chi connectivity index (χ4n) is 2.93. The minimum Gasteiger partial charge on any atom is -0.486 e. The Morgan fingerprint density at radius 2 is 1.52 bits per heavy atom. The number of para-hydroxylation sites is 1. The van der Waals surface area contributed by atoms with Crippen molar-refractivity contribution in [2.75, 3.05) is 23.8 Å². The normalized spacial score (nSPS) is 13.3. The predicted molar refractivity (Wildman–Crippen MR) is 112 cm³/mol. The largest absolute Gasteiger partial charge is 0.486 e. The molecule has 3 aromatic rings. The van der Waals surface area contributed by atoms with Gasteiger partial charge >= 0.3 is 0 Å². The van der Waals surface area contributed by atoms with Gasteiger partial charge in [0, 0.05) is 17.4 Å². The molecule has 1 atom stereocenters. The zero-order valence-electron chi connectivity index (χ0n) is 16.1. The molecular weight excluding hydrogens is 368 g/mol. The summed E-state index contributed by atoms with van der Waals surface area (Å²) in [4.78, 5) is 12.5. The van der Waals surface area contributed by atoms with E-state index in [-0.39, 0.29) is 5.91 Å². The Hall–Kier alpha value is -3.67. The topological polar surface area (TPSA) is 68.8 Å². The Balaban J connectivity index is 1.33. The van der Waals surface area contributed by atoms with Crippen LogP contribution >= 0.6 is 0 Å². The summed E-state index contributed by atoms with van der Waals surface area (Å²) in [5, 5.41) is 6.09. The quantitative estimate of drug-likeness (QED) is 0.639. The fraction of sp³-hybridized carbons (Fsp3) is 0.174. The minimum atomic E-state index is -0.427. The van der Waals surface area contributed by atoms with Crippen LogP contribution < -0.4 is 24.8 Å². The third-order valence-electron chi connectivity index (χ3n) is 4.42. The number of carbonyl (C=O) groups excluding carboxylic acids is 1. The molecule has 1 amide bonds. The van der Waals surface area contributed by atoms with Crippen molar-refractivity contribution >= 4 is 17.3 Å². The lowest BCUT2D eigenvalue weighted by atomic mass is 10.2. The molecule has 0 saturated heterocycles. The highest BCUT2D eigenvalue weighted by Crippen LogP contribution is 2.32. The lowest BCUT2D eigenvalue weighted by Gasteiger charge is -2.20. The second-order valence-electron chi connectivity index (χ2n) is 6.65. The summed E-state index contributed by atoms with van der Waals surface area (Å²) in [6.07, 6.45) is 0. The molecule has 0 aliphatic carbocycles. The van der Waals surface area contributed by atoms with Crippen molar-refractivity contribution in [1.29, 1.82) is 0 Å². The van der Waals surface area contributed by atoms with E-state index in [0.29, 0.717) is 30.4 Å². The van der Waals surface area contributed by atoms with Gasteiger partial charge in [0.05, 0.1) is 0 Å². The van der Waals surface area contributed by atoms with Gasteiger partial charge in [-0.2, -0.15) is 0 Å². The van der Waals surface area contributed by atoms with E-state index in [9.17, 15) is 4.79 Å². The van der Waals surface area contributed by atoms with Crippen LogP contribution in [0.1, 0.15) is 6.92 Å². The molecule has 29 heavy (non-hydrogen) atoms. The predicted octanol–water partition coefficient (Wildman–Crippen LogP) is 4.69. The van der Waals surface area contributed by atoms with Gasteiger partial charge in [0.1, 0.15) is 30.8 Å². The molecule has 148 valence electrons.